The molecule has 1 saturated heterocycles. The lowest BCUT2D eigenvalue weighted by molar-refractivity contribution is 0.0121. The predicted molar refractivity (Wildman–Crippen MR) is 70.2 cm³/mol. The number of nitrogens with two attached hydrogens (primary N) is 1. The quantitative estimate of drug-likeness (QED) is 0.678. The highest BCUT2D eigenvalue weighted by molar-refractivity contribution is 5.71. The van der Waals surface area contributed by atoms with Gasteiger partial charge in [0.25, 0.3) is 0 Å². The van der Waals surface area contributed by atoms with Crippen LogP contribution in [0.3, 0.4) is 0 Å². The van der Waals surface area contributed by atoms with Gasteiger partial charge in [-0.3, -0.25) is 4.90 Å². The van der Waals surface area contributed by atoms with Crippen LogP contribution in [0.25, 0.3) is 0 Å². The van der Waals surface area contributed by atoms with Gasteiger partial charge in [-0.05, 0) is 19.8 Å². The number of ether oxygens (including phenoxy) is 1. The molecule has 1 rings (SSSR count). The van der Waals surface area contributed by atoms with E-state index in [9.17, 15) is 9.90 Å². The van der Waals surface area contributed by atoms with E-state index < -0.39 is 12.2 Å². The highest BCUT2D eigenvalue weighted by Gasteiger charge is 2.46. The van der Waals surface area contributed by atoms with Gasteiger partial charge < -0.3 is 15.6 Å². The van der Waals surface area contributed by atoms with Gasteiger partial charge in [0.15, 0.2) is 6.10 Å². The standard InChI is InChI=1S/C13H26N2O3/c1-4-6-7-8-15-11(9(3)14)12(10(16)5-2)18-13(15)17/h9-12,16H,4-8,14H2,1-3H3/t9-,10-,11-,12-/m1/s1. The molecule has 0 aromatic carbocycles. The van der Waals surface area contributed by atoms with Crippen LogP contribution < -0.4 is 5.73 Å². The zero-order valence-corrected chi connectivity index (χ0v) is 11.6. The molecule has 3 N–H and O–H groups in total. The van der Waals surface area contributed by atoms with Crippen LogP contribution in [0.5, 0.6) is 0 Å². The molecule has 0 spiro atoms. The molecule has 0 aromatic rings. The van der Waals surface area contributed by atoms with Crippen molar-refractivity contribution in [1.82, 2.24) is 4.90 Å². The van der Waals surface area contributed by atoms with Crippen molar-refractivity contribution < 1.29 is 14.6 Å². The average molecular weight is 258 g/mol. The summed E-state index contributed by atoms with van der Waals surface area (Å²) >= 11 is 0. The zero-order chi connectivity index (χ0) is 13.7. The Morgan fingerprint density at radius 3 is 2.61 bits per heavy atom. The molecule has 1 aliphatic rings. The summed E-state index contributed by atoms with van der Waals surface area (Å²) in [5, 5.41) is 9.92. The van der Waals surface area contributed by atoms with Gasteiger partial charge >= 0.3 is 6.09 Å². The molecule has 1 fully saturated rings. The second-order valence-corrected chi connectivity index (χ2v) is 5.07. The molecule has 106 valence electrons. The van der Waals surface area contributed by atoms with Crippen molar-refractivity contribution in [3.05, 3.63) is 0 Å². The van der Waals surface area contributed by atoms with Crippen LogP contribution in [0, 0.1) is 0 Å². The maximum Gasteiger partial charge on any atom is 0.410 e. The Morgan fingerprint density at radius 1 is 1.44 bits per heavy atom. The number of nitrogens with zero attached hydrogens (tertiary/aromatic N) is 1. The summed E-state index contributed by atoms with van der Waals surface area (Å²) in [6.45, 7) is 6.51. The van der Waals surface area contributed by atoms with Crippen molar-refractivity contribution in [3.63, 3.8) is 0 Å². The van der Waals surface area contributed by atoms with Gasteiger partial charge in [0.05, 0.1) is 12.1 Å². The number of rotatable bonds is 7. The highest BCUT2D eigenvalue weighted by Crippen LogP contribution is 2.25. The Balaban J connectivity index is 2.72. The lowest BCUT2D eigenvalue weighted by Gasteiger charge is -2.29. The van der Waals surface area contributed by atoms with E-state index in [1.54, 1.807) is 4.90 Å². The third kappa shape index (κ3) is 3.36. The maximum absolute atomic E-state index is 11.9. The van der Waals surface area contributed by atoms with Crippen molar-refractivity contribution in [2.24, 2.45) is 5.73 Å². The average Bonchev–Trinajstić information content (AvgIpc) is 2.66. The van der Waals surface area contributed by atoms with E-state index in [0.29, 0.717) is 13.0 Å². The molecular formula is C13H26N2O3. The molecule has 1 heterocycles. The molecule has 0 bridgehead atoms. The smallest absolute Gasteiger partial charge is 0.410 e. The summed E-state index contributed by atoms with van der Waals surface area (Å²) in [5.41, 5.74) is 5.95. The van der Waals surface area contributed by atoms with Gasteiger partial charge in [0, 0.05) is 12.6 Å². The lowest BCUT2D eigenvalue weighted by atomic mass is 9.97. The van der Waals surface area contributed by atoms with Crippen LogP contribution in [0.4, 0.5) is 4.79 Å². The Morgan fingerprint density at radius 2 is 2.11 bits per heavy atom. The second-order valence-electron chi connectivity index (χ2n) is 5.07. The van der Waals surface area contributed by atoms with Gasteiger partial charge in [0.1, 0.15) is 0 Å². The number of unbranched alkanes of at least 4 members (excludes halogenated alkanes) is 2. The largest absolute Gasteiger partial charge is 0.441 e. The van der Waals surface area contributed by atoms with E-state index in [1.165, 1.54) is 0 Å². The fourth-order valence-electron chi connectivity index (χ4n) is 2.45. The minimum atomic E-state index is -0.638. The van der Waals surface area contributed by atoms with E-state index in [1.807, 2.05) is 13.8 Å². The number of aliphatic hydroxyl groups is 1. The van der Waals surface area contributed by atoms with Crippen LogP contribution >= 0.6 is 0 Å². The molecule has 1 aliphatic heterocycles. The van der Waals surface area contributed by atoms with Crippen LogP contribution in [-0.2, 0) is 4.74 Å². The molecule has 0 aromatic heterocycles. The number of carbonyl (C=O) groups excluding carboxylic acids is 1. The molecule has 18 heavy (non-hydrogen) atoms. The van der Waals surface area contributed by atoms with Crippen molar-refractivity contribution in [1.29, 1.82) is 0 Å². The van der Waals surface area contributed by atoms with Crippen molar-refractivity contribution in [2.75, 3.05) is 6.54 Å². The first-order valence-electron chi connectivity index (χ1n) is 6.93. The van der Waals surface area contributed by atoms with E-state index in [2.05, 4.69) is 6.92 Å². The van der Waals surface area contributed by atoms with Gasteiger partial charge in [0.2, 0.25) is 0 Å². The molecule has 5 nitrogen and oxygen atoms in total. The monoisotopic (exact) mass is 258 g/mol. The maximum atomic E-state index is 11.9. The molecule has 0 saturated carbocycles. The molecule has 0 unspecified atom stereocenters. The fraction of sp³-hybridized carbons (Fsp3) is 0.923. The predicted octanol–water partition coefficient (Wildman–Crippen LogP) is 1.48. The molecule has 0 aliphatic carbocycles. The van der Waals surface area contributed by atoms with Crippen LogP contribution in [-0.4, -0.2) is 46.9 Å². The van der Waals surface area contributed by atoms with Crippen molar-refractivity contribution in [3.8, 4) is 0 Å². The molecule has 5 heteroatoms. The summed E-state index contributed by atoms with van der Waals surface area (Å²) in [4.78, 5) is 13.5. The minimum Gasteiger partial charge on any atom is -0.441 e. The SMILES string of the molecule is CCCCCN1C(=O)O[C@H]([C@H](O)CC)[C@H]1[C@@H](C)N. The zero-order valence-electron chi connectivity index (χ0n) is 11.6. The first-order valence-corrected chi connectivity index (χ1v) is 6.93. The molecular weight excluding hydrogens is 232 g/mol. The third-order valence-electron chi connectivity index (χ3n) is 3.51. The number of cyclic esters (lactones) is 1. The van der Waals surface area contributed by atoms with Gasteiger partial charge in [-0.15, -0.1) is 0 Å². The molecule has 1 amide bonds. The first-order chi connectivity index (χ1) is 8.52. The first kappa shape index (κ1) is 15.2. The summed E-state index contributed by atoms with van der Waals surface area (Å²) in [6, 6.07) is -0.423. The normalized spacial score (nSPS) is 27.2. The highest BCUT2D eigenvalue weighted by atomic mass is 16.6. The van der Waals surface area contributed by atoms with Crippen LogP contribution in [0.1, 0.15) is 46.5 Å². The van der Waals surface area contributed by atoms with Gasteiger partial charge in [-0.2, -0.15) is 0 Å². The van der Waals surface area contributed by atoms with E-state index in [4.69, 9.17) is 10.5 Å². The Hall–Kier alpha value is -0.810. The third-order valence-corrected chi connectivity index (χ3v) is 3.51. The van der Waals surface area contributed by atoms with E-state index in [0.717, 1.165) is 19.3 Å². The van der Waals surface area contributed by atoms with Crippen LogP contribution in [0.15, 0.2) is 0 Å². The van der Waals surface area contributed by atoms with Crippen LogP contribution in [0.2, 0.25) is 0 Å². The number of hydrogen-bond acceptors (Lipinski definition) is 4. The summed E-state index contributed by atoms with van der Waals surface area (Å²) in [6.07, 6.45) is 2.22. The number of carbonyl (C=O) groups is 1. The van der Waals surface area contributed by atoms with Crippen molar-refractivity contribution >= 4 is 6.09 Å². The van der Waals surface area contributed by atoms with Gasteiger partial charge in [-0.25, -0.2) is 4.79 Å². The summed E-state index contributed by atoms with van der Waals surface area (Å²) < 4.78 is 5.29. The van der Waals surface area contributed by atoms with Crippen molar-refractivity contribution in [2.45, 2.75) is 70.7 Å². The topological polar surface area (TPSA) is 75.8 Å². The van der Waals surface area contributed by atoms with E-state index in [-0.39, 0.29) is 18.2 Å². The lowest BCUT2D eigenvalue weighted by Crippen LogP contribution is -2.51. The number of hydrogen-bond donors (Lipinski definition) is 2. The Labute approximate surface area is 109 Å². The Bertz CT molecular complexity index is 271. The minimum absolute atomic E-state index is 0.204. The number of aliphatic hydroxyl groups excluding tert-OH is 1. The summed E-state index contributed by atoms with van der Waals surface area (Å²) in [7, 11) is 0. The molecule has 0 radical (unpaired) electrons. The van der Waals surface area contributed by atoms with Gasteiger partial charge in [-0.1, -0.05) is 26.7 Å². The summed E-state index contributed by atoms with van der Waals surface area (Å²) in [5.74, 6) is 0. The van der Waals surface area contributed by atoms with E-state index >= 15 is 0 Å². The number of amides is 1. The fourth-order valence-corrected chi connectivity index (χ4v) is 2.45. The second kappa shape index (κ2) is 6.95. The molecule has 4 atom stereocenters. The Kier molecular flexibility index (Phi) is 5.88.